The Balaban J connectivity index is 1.81. The predicted octanol–water partition coefficient (Wildman–Crippen LogP) is 3.05. The highest BCUT2D eigenvalue weighted by Crippen LogP contribution is 2.30. The summed E-state index contributed by atoms with van der Waals surface area (Å²) in [6.07, 6.45) is 3.57. The highest BCUT2D eigenvalue weighted by Gasteiger charge is 2.23. The van der Waals surface area contributed by atoms with Gasteiger partial charge in [0.05, 0.1) is 12.0 Å². The Hall–Kier alpha value is -0.550. The van der Waals surface area contributed by atoms with Crippen LogP contribution in [0.4, 0.5) is 0 Å². The molecule has 1 saturated carbocycles. The number of alkyl halides is 1. The van der Waals surface area contributed by atoms with E-state index in [2.05, 4.69) is 21.2 Å². The van der Waals surface area contributed by atoms with E-state index in [4.69, 9.17) is 4.74 Å². The lowest BCUT2D eigenvalue weighted by molar-refractivity contribution is 0.0951. The van der Waals surface area contributed by atoms with Crippen LogP contribution in [0.15, 0.2) is 11.4 Å². The molecular weight excluding hydrogens is 302 g/mol. The van der Waals surface area contributed by atoms with Crippen LogP contribution in [0.2, 0.25) is 0 Å². The van der Waals surface area contributed by atoms with Crippen molar-refractivity contribution in [2.24, 2.45) is 5.92 Å². The zero-order valence-corrected chi connectivity index (χ0v) is 12.1. The van der Waals surface area contributed by atoms with E-state index >= 15 is 0 Å². The number of carbonyl (C=O) groups excluding carboxylic acids is 1. The van der Waals surface area contributed by atoms with Crippen molar-refractivity contribution in [2.45, 2.75) is 24.1 Å². The van der Waals surface area contributed by atoms with Gasteiger partial charge in [0.15, 0.2) is 0 Å². The molecule has 0 aliphatic heterocycles. The Labute approximate surface area is 114 Å². The van der Waals surface area contributed by atoms with E-state index < -0.39 is 0 Å². The molecule has 1 heterocycles. The average molecular weight is 318 g/mol. The summed E-state index contributed by atoms with van der Waals surface area (Å²) < 4.78 is 5.06. The van der Waals surface area contributed by atoms with Gasteiger partial charge in [-0.05, 0) is 25.2 Å². The quantitative estimate of drug-likeness (QED) is 0.867. The van der Waals surface area contributed by atoms with E-state index in [0.717, 1.165) is 23.6 Å². The molecular formula is C12H16BrNO2S. The summed E-state index contributed by atoms with van der Waals surface area (Å²) >= 11 is 5.04. The second-order valence-corrected chi connectivity index (χ2v) is 6.54. The molecule has 0 spiro atoms. The number of methoxy groups -OCH3 is 1. The summed E-state index contributed by atoms with van der Waals surface area (Å²) in [4.78, 5) is 13.2. The minimum absolute atomic E-state index is 0.0105. The molecule has 5 heteroatoms. The third kappa shape index (κ3) is 3.45. The van der Waals surface area contributed by atoms with E-state index in [1.54, 1.807) is 13.2 Å². The molecule has 2 unspecified atom stereocenters. The number of rotatable bonds is 4. The largest absolute Gasteiger partial charge is 0.496 e. The number of ether oxygens (including phenoxy) is 1. The molecule has 0 saturated heterocycles. The highest BCUT2D eigenvalue weighted by molar-refractivity contribution is 9.09. The van der Waals surface area contributed by atoms with Crippen molar-refractivity contribution in [3.05, 3.63) is 16.3 Å². The SMILES string of the molecule is COc1csc(C(=O)NCC2CCC(Br)C2)c1. The smallest absolute Gasteiger partial charge is 0.261 e. The van der Waals surface area contributed by atoms with Gasteiger partial charge in [-0.1, -0.05) is 15.9 Å². The first kappa shape index (κ1) is 12.9. The maximum atomic E-state index is 11.8. The normalized spacial score (nSPS) is 23.6. The van der Waals surface area contributed by atoms with E-state index in [0.29, 0.717) is 10.7 Å². The highest BCUT2D eigenvalue weighted by atomic mass is 79.9. The Morgan fingerprint density at radius 1 is 1.65 bits per heavy atom. The zero-order chi connectivity index (χ0) is 12.3. The Bertz CT molecular complexity index is 394. The van der Waals surface area contributed by atoms with Crippen LogP contribution in [-0.2, 0) is 0 Å². The number of hydrogen-bond acceptors (Lipinski definition) is 3. The number of halogens is 1. The van der Waals surface area contributed by atoms with Crippen LogP contribution in [0, 0.1) is 5.92 Å². The van der Waals surface area contributed by atoms with E-state index in [1.807, 2.05) is 5.38 Å². The maximum Gasteiger partial charge on any atom is 0.261 e. The summed E-state index contributed by atoms with van der Waals surface area (Å²) in [6, 6.07) is 1.78. The first-order chi connectivity index (χ1) is 8.19. The van der Waals surface area contributed by atoms with Crippen molar-refractivity contribution in [3.63, 3.8) is 0 Å². The number of thiophene rings is 1. The third-order valence-corrected chi connectivity index (χ3v) is 4.80. The summed E-state index contributed by atoms with van der Waals surface area (Å²) in [6.45, 7) is 0.779. The molecule has 2 atom stereocenters. The van der Waals surface area contributed by atoms with Gasteiger partial charge in [-0.2, -0.15) is 0 Å². The molecule has 1 fully saturated rings. The number of nitrogens with one attached hydrogen (secondary N) is 1. The van der Waals surface area contributed by atoms with Crippen LogP contribution >= 0.6 is 27.3 Å². The fraction of sp³-hybridized carbons (Fsp3) is 0.583. The van der Waals surface area contributed by atoms with Crippen LogP contribution in [0.5, 0.6) is 5.75 Å². The molecule has 0 radical (unpaired) electrons. The van der Waals surface area contributed by atoms with Gasteiger partial charge < -0.3 is 10.1 Å². The van der Waals surface area contributed by atoms with Gasteiger partial charge in [0.2, 0.25) is 0 Å². The molecule has 2 rings (SSSR count). The lowest BCUT2D eigenvalue weighted by atomic mass is 10.1. The minimum Gasteiger partial charge on any atom is -0.496 e. The van der Waals surface area contributed by atoms with Crippen LogP contribution in [-0.4, -0.2) is 24.4 Å². The topological polar surface area (TPSA) is 38.3 Å². The molecule has 1 aromatic rings. The molecule has 3 nitrogen and oxygen atoms in total. The van der Waals surface area contributed by atoms with E-state index in [9.17, 15) is 4.79 Å². The van der Waals surface area contributed by atoms with Gasteiger partial charge in [-0.25, -0.2) is 0 Å². The Morgan fingerprint density at radius 2 is 2.47 bits per heavy atom. The molecule has 0 aromatic carbocycles. The van der Waals surface area contributed by atoms with Crippen molar-refractivity contribution in [3.8, 4) is 5.75 Å². The van der Waals surface area contributed by atoms with Crippen LogP contribution in [0.25, 0.3) is 0 Å². The first-order valence-corrected chi connectivity index (χ1v) is 7.53. The van der Waals surface area contributed by atoms with Crippen molar-refractivity contribution in [2.75, 3.05) is 13.7 Å². The molecule has 1 aliphatic carbocycles. The molecule has 1 N–H and O–H groups in total. The summed E-state index contributed by atoms with van der Waals surface area (Å²) in [5.41, 5.74) is 0. The Kier molecular flexibility index (Phi) is 4.45. The van der Waals surface area contributed by atoms with Crippen molar-refractivity contribution in [1.82, 2.24) is 5.32 Å². The van der Waals surface area contributed by atoms with Crippen LogP contribution < -0.4 is 10.1 Å². The maximum absolute atomic E-state index is 11.8. The second kappa shape index (κ2) is 5.87. The lowest BCUT2D eigenvalue weighted by Crippen LogP contribution is -2.27. The van der Waals surface area contributed by atoms with Crippen LogP contribution in [0.3, 0.4) is 0 Å². The molecule has 1 aromatic heterocycles. The van der Waals surface area contributed by atoms with Gasteiger partial charge in [-0.15, -0.1) is 11.3 Å². The van der Waals surface area contributed by atoms with Gasteiger partial charge in [0, 0.05) is 22.8 Å². The predicted molar refractivity (Wildman–Crippen MR) is 73.3 cm³/mol. The van der Waals surface area contributed by atoms with E-state index in [1.165, 1.54) is 24.2 Å². The van der Waals surface area contributed by atoms with Gasteiger partial charge in [0.25, 0.3) is 5.91 Å². The summed E-state index contributed by atoms with van der Waals surface area (Å²) in [5.74, 6) is 1.38. The zero-order valence-electron chi connectivity index (χ0n) is 9.74. The molecule has 94 valence electrons. The van der Waals surface area contributed by atoms with Gasteiger partial charge in [0.1, 0.15) is 5.75 Å². The monoisotopic (exact) mass is 317 g/mol. The number of amides is 1. The van der Waals surface area contributed by atoms with Crippen molar-refractivity contribution < 1.29 is 9.53 Å². The first-order valence-electron chi connectivity index (χ1n) is 5.74. The summed E-state index contributed by atoms with van der Waals surface area (Å²) in [7, 11) is 1.61. The number of carbonyl (C=O) groups is 1. The molecule has 0 bridgehead atoms. The van der Waals surface area contributed by atoms with Crippen LogP contribution in [0.1, 0.15) is 28.9 Å². The molecule has 17 heavy (non-hydrogen) atoms. The Morgan fingerprint density at radius 3 is 3.06 bits per heavy atom. The summed E-state index contributed by atoms with van der Waals surface area (Å²) in [5, 5.41) is 4.84. The fourth-order valence-electron chi connectivity index (χ4n) is 2.07. The van der Waals surface area contributed by atoms with Gasteiger partial charge >= 0.3 is 0 Å². The average Bonchev–Trinajstić information content (AvgIpc) is 2.94. The fourth-order valence-corrected chi connectivity index (χ4v) is 3.63. The van der Waals surface area contributed by atoms with Crippen molar-refractivity contribution >= 4 is 33.2 Å². The third-order valence-electron chi connectivity index (χ3n) is 3.06. The molecule has 1 amide bonds. The minimum atomic E-state index is 0.0105. The lowest BCUT2D eigenvalue weighted by Gasteiger charge is -2.09. The standard InChI is InChI=1S/C12H16BrNO2S/c1-16-10-5-11(17-7-10)12(15)14-6-8-2-3-9(13)4-8/h5,7-9H,2-4,6H2,1H3,(H,14,15). The number of hydrogen-bond donors (Lipinski definition) is 1. The van der Waals surface area contributed by atoms with E-state index in [-0.39, 0.29) is 5.91 Å². The second-order valence-electron chi connectivity index (χ2n) is 4.34. The van der Waals surface area contributed by atoms with Crippen molar-refractivity contribution in [1.29, 1.82) is 0 Å². The molecule has 1 aliphatic rings. The van der Waals surface area contributed by atoms with Gasteiger partial charge in [-0.3, -0.25) is 4.79 Å².